The lowest BCUT2D eigenvalue weighted by molar-refractivity contribution is -0.113. The third kappa shape index (κ3) is 6.81. The van der Waals surface area contributed by atoms with Crippen LogP contribution in [-0.4, -0.2) is 40.1 Å². The Kier molecular flexibility index (Phi) is 10.1. The van der Waals surface area contributed by atoms with Crippen molar-refractivity contribution in [2.24, 2.45) is 0 Å². The first-order chi connectivity index (χ1) is 19.4. The van der Waals surface area contributed by atoms with Gasteiger partial charge in [0.25, 0.3) is 5.91 Å². The third-order valence-corrected chi connectivity index (χ3v) is 7.95. The van der Waals surface area contributed by atoms with Crippen LogP contribution in [0.4, 0.5) is 11.6 Å². The predicted octanol–water partition coefficient (Wildman–Crippen LogP) is 7.29. The Hall–Kier alpha value is -3.46. The quantitative estimate of drug-likeness (QED) is 0.167. The Labute approximate surface area is 241 Å². The highest BCUT2D eigenvalue weighted by Crippen LogP contribution is 2.40. The average molecular weight is 564 g/mol. The SMILES string of the molecule is CCCCCCOc1ccc(C2C(C(=O)Nc3ccc(C)cc3C)=C(C)Nc3nc(SCCC)nn32)cc1OC. The summed E-state index contributed by atoms with van der Waals surface area (Å²) in [5, 5.41) is 12.0. The van der Waals surface area contributed by atoms with Crippen molar-refractivity contribution in [3.8, 4) is 11.5 Å². The fourth-order valence-electron chi connectivity index (χ4n) is 4.82. The molecule has 40 heavy (non-hydrogen) atoms. The second kappa shape index (κ2) is 13.7. The number of hydrogen-bond acceptors (Lipinski definition) is 7. The van der Waals surface area contributed by atoms with Gasteiger partial charge in [-0.05, 0) is 62.9 Å². The summed E-state index contributed by atoms with van der Waals surface area (Å²) in [6.07, 6.45) is 5.54. The van der Waals surface area contributed by atoms with Gasteiger partial charge in [0, 0.05) is 17.1 Å². The Morgan fingerprint density at radius 3 is 2.60 bits per heavy atom. The van der Waals surface area contributed by atoms with Crippen LogP contribution >= 0.6 is 11.8 Å². The van der Waals surface area contributed by atoms with Gasteiger partial charge in [-0.3, -0.25) is 4.79 Å². The number of fused-ring (bicyclic) bond motifs is 1. The topological polar surface area (TPSA) is 90.3 Å². The van der Waals surface area contributed by atoms with Crippen molar-refractivity contribution in [2.75, 3.05) is 30.1 Å². The van der Waals surface area contributed by atoms with Gasteiger partial charge in [-0.2, -0.15) is 4.98 Å². The number of unbranched alkanes of at least 4 members (excludes halogenated alkanes) is 3. The number of benzene rings is 2. The summed E-state index contributed by atoms with van der Waals surface area (Å²) in [6, 6.07) is 11.4. The predicted molar refractivity (Wildman–Crippen MR) is 163 cm³/mol. The van der Waals surface area contributed by atoms with E-state index in [4.69, 9.17) is 19.6 Å². The summed E-state index contributed by atoms with van der Waals surface area (Å²) >= 11 is 1.61. The molecule has 0 fully saturated rings. The maximum Gasteiger partial charge on any atom is 0.255 e. The van der Waals surface area contributed by atoms with Gasteiger partial charge in [0.05, 0.1) is 19.3 Å². The highest BCUT2D eigenvalue weighted by molar-refractivity contribution is 7.99. The van der Waals surface area contributed by atoms with Gasteiger partial charge in [0.15, 0.2) is 11.5 Å². The molecule has 0 saturated heterocycles. The lowest BCUT2D eigenvalue weighted by Gasteiger charge is -2.29. The zero-order chi connectivity index (χ0) is 28.6. The minimum atomic E-state index is -0.502. The molecule has 0 spiro atoms. The number of aryl methyl sites for hydroxylation is 2. The molecule has 2 N–H and O–H groups in total. The first-order valence-corrected chi connectivity index (χ1v) is 15.1. The van der Waals surface area contributed by atoms with E-state index in [-0.39, 0.29) is 5.91 Å². The molecule has 2 heterocycles. The molecule has 0 saturated carbocycles. The number of allylic oxidation sites excluding steroid dienone is 1. The third-order valence-electron chi connectivity index (χ3n) is 6.90. The zero-order valence-corrected chi connectivity index (χ0v) is 25.3. The van der Waals surface area contributed by atoms with Crippen LogP contribution in [0.3, 0.4) is 0 Å². The minimum absolute atomic E-state index is 0.193. The summed E-state index contributed by atoms with van der Waals surface area (Å²) in [5.74, 6) is 2.65. The van der Waals surface area contributed by atoms with E-state index in [2.05, 4.69) is 30.5 Å². The molecule has 0 bridgehead atoms. The van der Waals surface area contributed by atoms with Gasteiger partial charge >= 0.3 is 0 Å². The van der Waals surface area contributed by atoms with Crippen molar-refractivity contribution in [3.63, 3.8) is 0 Å². The Bertz CT molecular complexity index is 1370. The highest BCUT2D eigenvalue weighted by Gasteiger charge is 2.35. The fourth-order valence-corrected chi connectivity index (χ4v) is 5.50. The smallest absolute Gasteiger partial charge is 0.255 e. The van der Waals surface area contributed by atoms with Gasteiger partial charge in [0.2, 0.25) is 11.1 Å². The second-order valence-corrected chi connectivity index (χ2v) is 11.2. The van der Waals surface area contributed by atoms with Crippen LogP contribution in [0.2, 0.25) is 0 Å². The van der Waals surface area contributed by atoms with E-state index in [9.17, 15) is 4.79 Å². The molecule has 4 rings (SSSR count). The van der Waals surface area contributed by atoms with Crippen LogP contribution in [0, 0.1) is 13.8 Å². The molecule has 0 radical (unpaired) electrons. The van der Waals surface area contributed by atoms with Crippen LogP contribution in [-0.2, 0) is 4.79 Å². The van der Waals surface area contributed by atoms with E-state index >= 15 is 0 Å². The van der Waals surface area contributed by atoms with E-state index in [1.807, 2.05) is 55.8 Å². The molecule has 9 heteroatoms. The van der Waals surface area contributed by atoms with Crippen molar-refractivity contribution in [3.05, 3.63) is 64.4 Å². The minimum Gasteiger partial charge on any atom is -0.493 e. The van der Waals surface area contributed by atoms with Crippen molar-refractivity contribution >= 4 is 29.3 Å². The monoisotopic (exact) mass is 563 g/mol. The van der Waals surface area contributed by atoms with E-state index in [1.54, 1.807) is 18.9 Å². The number of rotatable bonds is 13. The maximum atomic E-state index is 13.9. The summed E-state index contributed by atoms with van der Waals surface area (Å²) in [4.78, 5) is 18.6. The Morgan fingerprint density at radius 1 is 1.05 bits per heavy atom. The van der Waals surface area contributed by atoms with Crippen molar-refractivity contribution < 1.29 is 14.3 Å². The van der Waals surface area contributed by atoms with E-state index in [1.165, 1.54) is 12.8 Å². The lowest BCUT2D eigenvalue weighted by atomic mass is 9.94. The average Bonchev–Trinajstić information content (AvgIpc) is 3.34. The molecule has 1 aromatic heterocycles. The molecule has 2 aromatic carbocycles. The number of ether oxygens (including phenoxy) is 2. The number of methoxy groups -OCH3 is 1. The summed E-state index contributed by atoms with van der Waals surface area (Å²) in [7, 11) is 1.64. The molecule has 1 amide bonds. The molecule has 0 aliphatic carbocycles. The Balaban J connectivity index is 1.70. The molecular formula is C31H41N5O3S. The van der Waals surface area contributed by atoms with E-state index < -0.39 is 6.04 Å². The van der Waals surface area contributed by atoms with Gasteiger partial charge in [0.1, 0.15) is 6.04 Å². The molecule has 8 nitrogen and oxygen atoms in total. The second-order valence-electron chi connectivity index (χ2n) is 10.2. The molecule has 3 aromatic rings. The molecule has 1 unspecified atom stereocenters. The molecule has 1 aliphatic rings. The number of aromatic nitrogens is 3. The van der Waals surface area contributed by atoms with E-state index in [0.717, 1.165) is 53.1 Å². The number of carbonyl (C=O) groups is 1. The number of nitrogens with one attached hydrogen (secondary N) is 2. The number of nitrogens with zero attached hydrogens (tertiary/aromatic N) is 3. The standard InChI is InChI=1S/C31H41N5O3S/c1-7-9-10-11-16-39-25-15-13-23(19-26(25)38-6)28-27(29(37)33-24-14-12-20(3)18-21(24)4)22(5)32-30-34-31(35-36(28)30)40-17-8-2/h12-15,18-19,28H,7-11,16-17H2,1-6H3,(H,33,37)(H,32,34,35). The lowest BCUT2D eigenvalue weighted by Crippen LogP contribution is -2.31. The van der Waals surface area contributed by atoms with Crippen LogP contribution in [0.1, 0.15) is 75.6 Å². The number of amides is 1. The summed E-state index contributed by atoms with van der Waals surface area (Å²) in [6.45, 7) is 10.9. The van der Waals surface area contributed by atoms with Crippen LogP contribution in [0.15, 0.2) is 52.8 Å². The van der Waals surface area contributed by atoms with Crippen molar-refractivity contribution in [1.82, 2.24) is 14.8 Å². The number of hydrogen-bond donors (Lipinski definition) is 2. The largest absolute Gasteiger partial charge is 0.493 e. The highest BCUT2D eigenvalue weighted by atomic mass is 32.2. The molecule has 214 valence electrons. The first kappa shape index (κ1) is 29.5. The molecular weight excluding hydrogens is 522 g/mol. The summed E-state index contributed by atoms with van der Waals surface area (Å²) in [5.41, 5.74) is 5.10. The van der Waals surface area contributed by atoms with Gasteiger partial charge in [-0.1, -0.05) is 68.6 Å². The number of thioether (sulfide) groups is 1. The number of carbonyl (C=O) groups excluding carboxylic acids is 1. The zero-order valence-electron chi connectivity index (χ0n) is 24.5. The summed E-state index contributed by atoms with van der Waals surface area (Å²) < 4.78 is 13.6. The van der Waals surface area contributed by atoms with Crippen molar-refractivity contribution in [2.45, 2.75) is 77.9 Å². The number of anilines is 2. The first-order valence-electron chi connectivity index (χ1n) is 14.1. The van der Waals surface area contributed by atoms with Gasteiger partial charge in [-0.25, -0.2) is 4.68 Å². The van der Waals surface area contributed by atoms with Gasteiger partial charge < -0.3 is 20.1 Å². The fraction of sp³-hybridized carbons (Fsp3) is 0.452. The maximum absolute atomic E-state index is 13.9. The van der Waals surface area contributed by atoms with Crippen LogP contribution in [0.25, 0.3) is 0 Å². The Morgan fingerprint density at radius 2 is 1.88 bits per heavy atom. The van der Waals surface area contributed by atoms with Crippen LogP contribution < -0.4 is 20.1 Å². The normalized spacial score (nSPS) is 14.5. The van der Waals surface area contributed by atoms with Crippen molar-refractivity contribution in [1.29, 1.82) is 0 Å². The molecule has 1 aliphatic heterocycles. The van der Waals surface area contributed by atoms with Crippen LogP contribution in [0.5, 0.6) is 11.5 Å². The van der Waals surface area contributed by atoms with Gasteiger partial charge in [-0.15, -0.1) is 5.10 Å². The molecule has 1 atom stereocenters. The van der Waals surface area contributed by atoms with E-state index in [0.29, 0.717) is 34.8 Å².